The fourth-order valence-electron chi connectivity index (χ4n) is 4.33. The van der Waals surface area contributed by atoms with Gasteiger partial charge in [0, 0.05) is 58.0 Å². The molecule has 0 bridgehead atoms. The lowest BCUT2D eigenvalue weighted by molar-refractivity contribution is 0.0432. The Hall–Kier alpha value is -1.72. The number of hydrogen-bond donors (Lipinski definition) is 0. The van der Waals surface area contributed by atoms with E-state index in [1.807, 2.05) is 0 Å². The standard InChI is InChI=1S/C21H31N3O6S/c1-28-19-5-4-17(15-20(19)31(26,27)24-10-13-29-14-11-24)21(25)23-8-6-22(7-9-23)16-18-3-2-12-30-18/h4-5,15,18H,2-3,6-14,16H2,1H3/t18-/m1/s1. The number of carbonyl (C=O) groups is 1. The van der Waals surface area contributed by atoms with Crippen molar-refractivity contribution >= 4 is 15.9 Å². The van der Waals surface area contributed by atoms with E-state index >= 15 is 0 Å². The largest absolute Gasteiger partial charge is 0.495 e. The molecule has 4 rings (SSSR count). The smallest absolute Gasteiger partial charge is 0.253 e. The highest BCUT2D eigenvalue weighted by atomic mass is 32.2. The molecule has 0 saturated carbocycles. The summed E-state index contributed by atoms with van der Waals surface area (Å²) in [6.07, 6.45) is 2.53. The normalized spacial score (nSPS) is 23.8. The van der Waals surface area contributed by atoms with Crippen molar-refractivity contribution < 1.29 is 27.4 Å². The van der Waals surface area contributed by atoms with Gasteiger partial charge in [-0.1, -0.05) is 0 Å². The molecule has 0 N–H and O–H groups in total. The first kappa shape index (κ1) is 22.5. The van der Waals surface area contributed by atoms with E-state index in [0.717, 1.165) is 39.1 Å². The molecule has 3 aliphatic rings. The van der Waals surface area contributed by atoms with Crippen LogP contribution in [0.15, 0.2) is 23.1 Å². The lowest BCUT2D eigenvalue weighted by atomic mass is 10.1. The Balaban J connectivity index is 1.45. The summed E-state index contributed by atoms with van der Waals surface area (Å²) >= 11 is 0. The number of morpholine rings is 1. The SMILES string of the molecule is COc1ccc(C(=O)N2CCN(C[C@H]3CCCO3)CC2)cc1S(=O)(=O)N1CCOCC1. The van der Waals surface area contributed by atoms with E-state index in [9.17, 15) is 13.2 Å². The van der Waals surface area contributed by atoms with Gasteiger partial charge in [0.05, 0.1) is 26.4 Å². The molecule has 31 heavy (non-hydrogen) atoms. The maximum atomic E-state index is 13.2. The first-order valence-corrected chi connectivity index (χ1v) is 12.3. The van der Waals surface area contributed by atoms with Crippen LogP contribution in [-0.4, -0.2) is 107 Å². The van der Waals surface area contributed by atoms with E-state index in [1.165, 1.54) is 17.5 Å². The zero-order chi connectivity index (χ0) is 21.8. The molecule has 10 heteroatoms. The Morgan fingerprint density at radius 2 is 1.84 bits per heavy atom. The molecule has 0 spiro atoms. The highest BCUT2D eigenvalue weighted by molar-refractivity contribution is 7.89. The van der Waals surface area contributed by atoms with Gasteiger partial charge < -0.3 is 19.1 Å². The van der Waals surface area contributed by atoms with Crippen LogP contribution in [0.1, 0.15) is 23.2 Å². The Labute approximate surface area is 183 Å². The number of rotatable bonds is 6. The highest BCUT2D eigenvalue weighted by Crippen LogP contribution is 2.29. The number of nitrogens with zero attached hydrogens (tertiary/aromatic N) is 3. The second-order valence-corrected chi connectivity index (χ2v) is 10.0. The number of methoxy groups -OCH3 is 1. The molecule has 0 unspecified atom stereocenters. The number of benzene rings is 1. The van der Waals surface area contributed by atoms with Crippen molar-refractivity contribution in [3.8, 4) is 5.75 Å². The van der Waals surface area contributed by atoms with Crippen molar-refractivity contribution in [2.45, 2.75) is 23.8 Å². The molecule has 0 aliphatic carbocycles. The monoisotopic (exact) mass is 453 g/mol. The van der Waals surface area contributed by atoms with Crippen LogP contribution in [0.2, 0.25) is 0 Å². The fraction of sp³-hybridized carbons (Fsp3) is 0.667. The molecule has 1 atom stereocenters. The summed E-state index contributed by atoms with van der Waals surface area (Å²) in [7, 11) is -2.35. The third kappa shape index (κ3) is 5.04. The molecule has 1 aromatic rings. The number of carbonyl (C=O) groups excluding carboxylic acids is 1. The molecular weight excluding hydrogens is 422 g/mol. The summed E-state index contributed by atoms with van der Waals surface area (Å²) < 4.78 is 44.0. The zero-order valence-corrected chi connectivity index (χ0v) is 18.8. The molecule has 3 saturated heterocycles. The number of ether oxygens (including phenoxy) is 3. The summed E-state index contributed by atoms with van der Waals surface area (Å²) in [6.45, 7) is 5.86. The van der Waals surface area contributed by atoms with Gasteiger partial charge in [0.2, 0.25) is 10.0 Å². The molecule has 1 amide bonds. The molecule has 3 aliphatic heterocycles. The van der Waals surface area contributed by atoms with E-state index in [4.69, 9.17) is 14.2 Å². The second kappa shape index (κ2) is 9.83. The first-order chi connectivity index (χ1) is 15.0. The maximum Gasteiger partial charge on any atom is 0.253 e. The van der Waals surface area contributed by atoms with E-state index in [0.29, 0.717) is 38.0 Å². The molecule has 3 fully saturated rings. The number of sulfonamides is 1. The van der Waals surface area contributed by atoms with Crippen molar-refractivity contribution in [2.75, 3.05) is 72.7 Å². The van der Waals surface area contributed by atoms with Gasteiger partial charge in [0.15, 0.2) is 0 Å². The van der Waals surface area contributed by atoms with Gasteiger partial charge in [0.1, 0.15) is 10.6 Å². The topological polar surface area (TPSA) is 88.6 Å². The van der Waals surface area contributed by atoms with Crippen molar-refractivity contribution in [1.82, 2.24) is 14.1 Å². The summed E-state index contributed by atoms with van der Waals surface area (Å²) in [6, 6.07) is 4.65. The van der Waals surface area contributed by atoms with Gasteiger partial charge in [-0.3, -0.25) is 9.69 Å². The van der Waals surface area contributed by atoms with Crippen LogP contribution in [0.3, 0.4) is 0 Å². The van der Waals surface area contributed by atoms with Gasteiger partial charge >= 0.3 is 0 Å². The second-order valence-electron chi connectivity index (χ2n) is 8.11. The van der Waals surface area contributed by atoms with Crippen LogP contribution in [0.5, 0.6) is 5.75 Å². The Morgan fingerprint density at radius 1 is 1.10 bits per heavy atom. The van der Waals surface area contributed by atoms with Gasteiger partial charge in [-0.05, 0) is 31.0 Å². The van der Waals surface area contributed by atoms with Gasteiger partial charge in [-0.15, -0.1) is 0 Å². The molecular formula is C21H31N3O6S. The predicted molar refractivity (Wildman–Crippen MR) is 114 cm³/mol. The maximum absolute atomic E-state index is 13.2. The Bertz CT molecular complexity index is 873. The number of amides is 1. The number of piperazine rings is 1. The quantitative estimate of drug-likeness (QED) is 0.625. The van der Waals surface area contributed by atoms with Crippen molar-refractivity contribution in [1.29, 1.82) is 0 Å². The fourth-order valence-corrected chi connectivity index (χ4v) is 5.92. The highest BCUT2D eigenvalue weighted by Gasteiger charge is 2.31. The van der Waals surface area contributed by atoms with Crippen molar-refractivity contribution in [3.63, 3.8) is 0 Å². The summed E-state index contributed by atoms with van der Waals surface area (Å²) in [5.41, 5.74) is 0.361. The molecule has 9 nitrogen and oxygen atoms in total. The van der Waals surface area contributed by atoms with E-state index in [2.05, 4.69) is 4.90 Å². The van der Waals surface area contributed by atoms with Crippen LogP contribution < -0.4 is 4.74 Å². The summed E-state index contributed by atoms with van der Waals surface area (Å²) in [5.74, 6) is 0.0854. The molecule has 0 aromatic heterocycles. The summed E-state index contributed by atoms with van der Waals surface area (Å²) in [4.78, 5) is 17.3. The van der Waals surface area contributed by atoms with Crippen molar-refractivity contribution in [3.05, 3.63) is 23.8 Å². The number of hydrogen-bond acceptors (Lipinski definition) is 7. The van der Waals surface area contributed by atoms with E-state index < -0.39 is 10.0 Å². The predicted octanol–water partition coefficient (Wildman–Crippen LogP) is 0.653. The third-order valence-electron chi connectivity index (χ3n) is 6.14. The Kier molecular flexibility index (Phi) is 7.12. The Morgan fingerprint density at radius 3 is 2.48 bits per heavy atom. The van der Waals surface area contributed by atoms with Gasteiger partial charge in [-0.25, -0.2) is 8.42 Å². The average Bonchev–Trinajstić information content (AvgIpc) is 3.32. The van der Waals surface area contributed by atoms with Crippen LogP contribution >= 0.6 is 0 Å². The average molecular weight is 454 g/mol. The first-order valence-electron chi connectivity index (χ1n) is 10.9. The molecule has 1 aromatic carbocycles. The van der Waals surface area contributed by atoms with Crippen molar-refractivity contribution in [2.24, 2.45) is 0 Å². The zero-order valence-electron chi connectivity index (χ0n) is 18.0. The van der Waals surface area contributed by atoms with E-state index in [-0.39, 0.29) is 29.6 Å². The van der Waals surface area contributed by atoms with Crippen LogP contribution in [-0.2, 0) is 19.5 Å². The van der Waals surface area contributed by atoms with Crippen LogP contribution in [0.4, 0.5) is 0 Å². The van der Waals surface area contributed by atoms with Gasteiger partial charge in [0.25, 0.3) is 5.91 Å². The minimum atomic E-state index is -3.78. The minimum Gasteiger partial charge on any atom is -0.495 e. The lowest BCUT2D eigenvalue weighted by Crippen LogP contribution is -2.50. The van der Waals surface area contributed by atoms with E-state index in [1.54, 1.807) is 17.0 Å². The van der Waals surface area contributed by atoms with Gasteiger partial charge in [-0.2, -0.15) is 4.31 Å². The lowest BCUT2D eigenvalue weighted by Gasteiger charge is -2.35. The minimum absolute atomic E-state index is 0.0276. The van der Waals surface area contributed by atoms with Crippen LogP contribution in [0, 0.1) is 0 Å². The van der Waals surface area contributed by atoms with Crippen LogP contribution in [0.25, 0.3) is 0 Å². The molecule has 172 valence electrons. The third-order valence-corrected chi connectivity index (χ3v) is 8.06. The molecule has 0 radical (unpaired) electrons. The molecule has 3 heterocycles. The summed E-state index contributed by atoms with van der Waals surface area (Å²) in [5, 5.41) is 0.